The Morgan fingerprint density at radius 1 is 1.32 bits per heavy atom. The summed E-state index contributed by atoms with van der Waals surface area (Å²) in [6, 6.07) is 0. The van der Waals surface area contributed by atoms with E-state index in [-0.39, 0.29) is 16.8 Å². The minimum Gasteiger partial charge on any atom is -0.466 e. The van der Waals surface area contributed by atoms with Crippen LogP contribution in [0.4, 0.5) is 0 Å². The maximum atomic E-state index is 12.3. The van der Waals surface area contributed by atoms with Crippen LogP contribution in [0.2, 0.25) is 0 Å². The molecule has 0 amide bonds. The summed E-state index contributed by atoms with van der Waals surface area (Å²) in [7, 11) is 0. The average molecular weight is 343 g/mol. The predicted molar refractivity (Wildman–Crippen MR) is 92.1 cm³/mol. The summed E-state index contributed by atoms with van der Waals surface area (Å²) >= 11 is 4.02. The Balaban J connectivity index is 1.81. The minimum atomic E-state index is -0.119. The van der Waals surface area contributed by atoms with Gasteiger partial charge in [0, 0.05) is 28.8 Å². The number of ether oxygens (including phenoxy) is 1. The lowest BCUT2D eigenvalue weighted by atomic mass is 9.59. The van der Waals surface area contributed by atoms with Gasteiger partial charge in [-0.25, -0.2) is 0 Å². The van der Waals surface area contributed by atoms with E-state index < -0.39 is 0 Å². The Bertz CT molecular complexity index is 461. The highest BCUT2D eigenvalue weighted by Gasteiger charge is 2.56. The Morgan fingerprint density at radius 2 is 2.05 bits per heavy atom. The molecule has 0 radical (unpaired) electrons. The second-order valence-corrected chi connectivity index (χ2v) is 9.92. The van der Waals surface area contributed by atoms with Crippen LogP contribution in [0.5, 0.6) is 0 Å². The van der Waals surface area contributed by atoms with Gasteiger partial charge in [-0.3, -0.25) is 9.59 Å². The molecule has 124 valence electrons. The fraction of sp³-hybridized carbons (Fsp3) is 0.882. The molecule has 0 aromatic rings. The monoisotopic (exact) mass is 342 g/mol. The first kappa shape index (κ1) is 16.7. The van der Waals surface area contributed by atoms with Gasteiger partial charge in [0.1, 0.15) is 5.78 Å². The van der Waals surface area contributed by atoms with Gasteiger partial charge < -0.3 is 4.74 Å². The van der Waals surface area contributed by atoms with Crippen molar-refractivity contribution in [2.45, 2.75) is 57.0 Å². The molecule has 1 heterocycles. The zero-order valence-corrected chi connectivity index (χ0v) is 15.2. The molecular weight excluding hydrogens is 316 g/mol. The van der Waals surface area contributed by atoms with E-state index in [1.165, 1.54) is 11.5 Å². The predicted octanol–water partition coefficient (Wildman–Crippen LogP) is 3.90. The van der Waals surface area contributed by atoms with Crippen LogP contribution >= 0.6 is 23.5 Å². The number of thioether (sulfide) groups is 2. The van der Waals surface area contributed by atoms with Gasteiger partial charge in [-0.1, -0.05) is 6.92 Å². The number of rotatable bonds is 4. The van der Waals surface area contributed by atoms with Crippen LogP contribution in [0.25, 0.3) is 0 Å². The molecule has 5 heteroatoms. The number of ketones is 1. The van der Waals surface area contributed by atoms with Gasteiger partial charge in [-0.2, -0.15) is 0 Å². The number of carbonyl (C=O) groups is 2. The van der Waals surface area contributed by atoms with Gasteiger partial charge in [0.2, 0.25) is 0 Å². The first-order chi connectivity index (χ1) is 10.5. The summed E-state index contributed by atoms with van der Waals surface area (Å²) in [5, 5.41) is 0. The minimum absolute atomic E-state index is 0.0346. The van der Waals surface area contributed by atoms with E-state index in [9.17, 15) is 9.59 Å². The molecule has 1 saturated heterocycles. The van der Waals surface area contributed by atoms with E-state index in [1.54, 1.807) is 0 Å². The molecule has 0 aromatic heterocycles. The Morgan fingerprint density at radius 3 is 2.73 bits per heavy atom. The van der Waals surface area contributed by atoms with Crippen LogP contribution in [0.3, 0.4) is 0 Å². The molecule has 2 aliphatic carbocycles. The standard InChI is InChI=1S/C17H26O3S2/c1-3-20-14(19)11-17(15-21-8-9-22-15)7-6-16(2)12(10-17)4-5-13(16)18/h12,15H,3-11H2,1-2H3/t12-,16+,17-/m1/s1. The Hall–Kier alpha value is -0.160. The summed E-state index contributed by atoms with van der Waals surface area (Å²) in [4.78, 5) is 24.5. The van der Waals surface area contributed by atoms with Gasteiger partial charge in [-0.05, 0) is 38.5 Å². The SMILES string of the molecule is CCOC(=O)C[C@@]1(C2SCCS2)CC[C@]2(C)C(=O)CC[C@@H]2C1. The molecule has 0 unspecified atom stereocenters. The lowest BCUT2D eigenvalue weighted by molar-refractivity contribution is -0.147. The van der Waals surface area contributed by atoms with Crippen LogP contribution in [0.1, 0.15) is 52.4 Å². The van der Waals surface area contributed by atoms with Crippen molar-refractivity contribution in [3.05, 3.63) is 0 Å². The molecule has 0 aromatic carbocycles. The van der Waals surface area contributed by atoms with Crippen molar-refractivity contribution in [2.24, 2.45) is 16.7 Å². The van der Waals surface area contributed by atoms with Crippen LogP contribution in [-0.2, 0) is 14.3 Å². The third-order valence-electron chi connectivity index (χ3n) is 5.98. The number of carbonyl (C=O) groups excluding carboxylic acids is 2. The second kappa shape index (κ2) is 6.39. The summed E-state index contributed by atoms with van der Waals surface area (Å²) in [5.74, 6) is 3.23. The average Bonchev–Trinajstić information content (AvgIpc) is 3.10. The van der Waals surface area contributed by atoms with Gasteiger partial charge in [0.25, 0.3) is 0 Å². The Labute approximate surface area is 141 Å². The van der Waals surface area contributed by atoms with Crippen molar-refractivity contribution in [2.75, 3.05) is 18.1 Å². The van der Waals surface area contributed by atoms with Crippen LogP contribution in [0.15, 0.2) is 0 Å². The molecule has 0 N–H and O–H groups in total. The third kappa shape index (κ3) is 2.83. The zero-order valence-electron chi connectivity index (χ0n) is 13.6. The quantitative estimate of drug-likeness (QED) is 0.725. The van der Waals surface area contributed by atoms with E-state index in [2.05, 4.69) is 6.92 Å². The van der Waals surface area contributed by atoms with Crippen molar-refractivity contribution >= 4 is 35.3 Å². The van der Waals surface area contributed by atoms with Crippen molar-refractivity contribution in [3.63, 3.8) is 0 Å². The fourth-order valence-corrected chi connectivity index (χ4v) is 8.04. The van der Waals surface area contributed by atoms with Crippen molar-refractivity contribution in [1.82, 2.24) is 0 Å². The number of hydrogen-bond acceptors (Lipinski definition) is 5. The van der Waals surface area contributed by atoms with Crippen LogP contribution in [-0.4, -0.2) is 34.4 Å². The highest BCUT2D eigenvalue weighted by Crippen LogP contribution is 2.61. The third-order valence-corrected chi connectivity index (χ3v) is 9.54. The molecule has 3 aliphatic rings. The molecule has 22 heavy (non-hydrogen) atoms. The highest BCUT2D eigenvalue weighted by atomic mass is 32.2. The first-order valence-corrected chi connectivity index (χ1v) is 10.5. The maximum Gasteiger partial charge on any atom is 0.306 e. The van der Waals surface area contributed by atoms with E-state index in [1.807, 2.05) is 30.4 Å². The topological polar surface area (TPSA) is 43.4 Å². The van der Waals surface area contributed by atoms with Crippen LogP contribution < -0.4 is 0 Å². The Kier molecular flexibility index (Phi) is 4.84. The zero-order chi connectivity index (χ0) is 15.8. The van der Waals surface area contributed by atoms with Gasteiger partial charge in [0.15, 0.2) is 0 Å². The summed E-state index contributed by atoms with van der Waals surface area (Å²) in [6.07, 6.45) is 5.26. The van der Waals surface area contributed by atoms with Gasteiger partial charge in [0.05, 0.1) is 17.6 Å². The van der Waals surface area contributed by atoms with Crippen molar-refractivity contribution < 1.29 is 14.3 Å². The number of Topliss-reactive ketones (excluding diaryl/α,β-unsaturated/α-hetero) is 1. The molecule has 3 atom stereocenters. The fourth-order valence-electron chi connectivity index (χ4n) is 4.58. The number of hydrogen-bond donors (Lipinski definition) is 0. The highest BCUT2D eigenvalue weighted by molar-refractivity contribution is 8.20. The molecule has 3 rings (SSSR count). The summed E-state index contributed by atoms with van der Waals surface area (Å²) < 4.78 is 5.76. The summed E-state index contributed by atoms with van der Waals surface area (Å²) in [6.45, 7) is 4.49. The molecule has 1 aliphatic heterocycles. The molecular formula is C17H26O3S2. The van der Waals surface area contributed by atoms with E-state index in [0.717, 1.165) is 32.1 Å². The lowest BCUT2D eigenvalue weighted by Gasteiger charge is -2.48. The van der Waals surface area contributed by atoms with Crippen LogP contribution in [0, 0.1) is 16.7 Å². The molecule has 3 fully saturated rings. The number of fused-ring (bicyclic) bond motifs is 1. The normalized spacial score (nSPS) is 39.0. The van der Waals surface area contributed by atoms with Crippen molar-refractivity contribution in [1.29, 1.82) is 0 Å². The largest absolute Gasteiger partial charge is 0.466 e. The first-order valence-electron chi connectivity index (χ1n) is 8.42. The van der Waals surface area contributed by atoms with E-state index in [0.29, 0.717) is 29.3 Å². The molecule has 0 spiro atoms. The molecule has 2 saturated carbocycles. The molecule has 3 nitrogen and oxygen atoms in total. The van der Waals surface area contributed by atoms with Gasteiger partial charge in [-0.15, -0.1) is 23.5 Å². The van der Waals surface area contributed by atoms with E-state index in [4.69, 9.17) is 4.74 Å². The number of esters is 1. The summed E-state index contributed by atoms with van der Waals surface area (Å²) in [5.41, 5.74) is -0.0843. The second-order valence-electron chi connectivity index (χ2n) is 7.20. The molecule has 0 bridgehead atoms. The lowest BCUT2D eigenvalue weighted by Crippen LogP contribution is -2.45. The smallest absolute Gasteiger partial charge is 0.306 e. The van der Waals surface area contributed by atoms with Crippen molar-refractivity contribution in [3.8, 4) is 0 Å². The van der Waals surface area contributed by atoms with Gasteiger partial charge >= 0.3 is 5.97 Å². The van der Waals surface area contributed by atoms with E-state index >= 15 is 0 Å². The maximum absolute atomic E-state index is 12.3.